The number of methoxy groups -OCH3 is 1. The summed E-state index contributed by atoms with van der Waals surface area (Å²) >= 11 is 11.7. The third-order valence-electron chi connectivity index (χ3n) is 2.97. The first-order chi connectivity index (χ1) is 12.0. The van der Waals surface area contributed by atoms with Gasteiger partial charge in [-0.15, -0.1) is 0 Å². The maximum absolute atomic E-state index is 11.8. The molecule has 25 heavy (non-hydrogen) atoms. The highest BCUT2D eigenvalue weighted by atomic mass is 35.5. The number of esters is 1. The van der Waals surface area contributed by atoms with E-state index in [1.807, 2.05) is 0 Å². The molecule has 0 bridgehead atoms. The molecule has 0 aliphatic rings. The van der Waals surface area contributed by atoms with Gasteiger partial charge < -0.3 is 19.5 Å². The minimum absolute atomic E-state index is 0.316. The predicted molar refractivity (Wildman–Crippen MR) is 94.5 cm³/mol. The van der Waals surface area contributed by atoms with Gasteiger partial charge in [-0.3, -0.25) is 4.79 Å². The Labute approximate surface area is 154 Å². The van der Waals surface area contributed by atoms with Gasteiger partial charge in [0.25, 0.3) is 5.91 Å². The molecule has 2 aromatic rings. The monoisotopic (exact) mass is 383 g/mol. The first-order valence-electron chi connectivity index (χ1n) is 7.15. The Morgan fingerprint density at radius 2 is 1.76 bits per heavy atom. The van der Waals surface area contributed by atoms with Crippen molar-refractivity contribution >= 4 is 40.8 Å². The number of amides is 1. The molecular weight excluding hydrogens is 369 g/mol. The standard InChI is InChI=1S/C17H15Cl2NO5/c1-23-15-7-4-12(8-14(15)19)20-16(21)9-25-17(22)10-24-13-5-2-11(18)3-6-13/h2-8H,9-10H2,1H3,(H,20,21). The lowest BCUT2D eigenvalue weighted by molar-refractivity contribution is -0.149. The van der Waals surface area contributed by atoms with Crippen molar-refractivity contribution in [3.05, 3.63) is 52.5 Å². The molecule has 6 nitrogen and oxygen atoms in total. The Morgan fingerprint density at radius 1 is 1.04 bits per heavy atom. The molecule has 2 aromatic carbocycles. The second kappa shape index (κ2) is 9.15. The average Bonchev–Trinajstić information content (AvgIpc) is 2.59. The molecule has 1 N–H and O–H groups in total. The zero-order chi connectivity index (χ0) is 18.2. The zero-order valence-corrected chi connectivity index (χ0v) is 14.8. The van der Waals surface area contributed by atoms with E-state index < -0.39 is 18.5 Å². The van der Waals surface area contributed by atoms with Crippen molar-refractivity contribution in [1.29, 1.82) is 0 Å². The first-order valence-corrected chi connectivity index (χ1v) is 7.91. The SMILES string of the molecule is COc1ccc(NC(=O)COC(=O)COc2ccc(Cl)cc2)cc1Cl. The average molecular weight is 384 g/mol. The van der Waals surface area contributed by atoms with E-state index in [4.69, 9.17) is 37.4 Å². The van der Waals surface area contributed by atoms with Gasteiger partial charge >= 0.3 is 5.97 Å². The number of carbonyl (C=O) groups excluding carboxylic acids is 2. The van der Waals surface area contributed by atoms with Gasteiger partial charge in [0, 0.05) is 10.7 Å². The quantitative estimate of drug-likeness (QED) is 0.739. The van der Waals surface area contributed by atoms with Crippen molar-refractivity contribution in [2.24, 2.45) is 0 Å². The molecule has 8 heteroatoms. The topological polar surface area (TPSA) is 73.9 Å². The van der Waals surface area contributed by atoms with Crippen LogP contribution in [0, 0.1) is 0 Å². The van der Waals surface area contributed by atoms with E-state index >= 15 is 0 Å². The summed E-state index contributed by atoms with van der Waals surface area (Å²) in [4.78, 5) is 23.4. The molecule has 0 aliphatic heterocycles. The summed E-state index contributed by atoms with van der Waals surface area (Å²) in [5.41, 5.74) is 0.462. The van der Waals surface area contributed by atoms with Crippen LogP contribution in [0.25, 0.3) is 0 Å². The molecule has 2 rings (SSSR count). The van der Waals surface area contributed by atoms with Crippen molar-refractivity contribution in [1.82, 2.24) is 0 Å². The van der Waals surface area contributed by atoms with Crippen LogP contribution in [0.3, 0.4) is 0 Å². The Kier molecular flexibility index (Phi) is 6.91. The van der Waals surface area contributed by atoms with Crippen LogP contribution >= 0.6 is 23.2 Å². The molecule has 0 heterocycles. The van der Waals surface area contributed by atoms with E-state index in [1.165, 1.54) is 13.2 Å². The first kappa shape index (κ1) is 18.9. The van der Waals surface area contributed by atoms with Crippen molar-refractivity contribution in [3.8, 4) is 11.5 Å². The minimum Gasteiger partial charge on any atom is -0.495 e. The highest BCUT2D eigenvalue weighted by Crippen LogP contribution is 2.27. The largest absolute Gasteiger partial charge is 0.495 e. The van der Waals surface area contributed by atoms with Gasteiger partial charge in [-0.2, -0.15) is 0 Å². The molecule has 132 valence electrons. The minimum atomic E-state index is -0.669. The van der Waals surface area contributed by atoms with Crippen molar-refractivity contribution in [3.63, 3.8) is 0 Å². The van der Waals surface area contributed by atoms with Crippen LogP contribution in [-0.2, 0) is 14.3 Å². The fourth-order valence-electron chi connectivity index (χ4n) is 1.80. The lowest BCUT2D eigenvalue weighted by Gasteiger charge is -2.09. The van der Waals surface area contributed by atoms with Gasteiger partial charge in [-0.1, -0.05) is 23.2 Å². The van der Waals surface area contributed by atoms with E-state index in [9.17, 15) is 9.59 Å². The lowest BCUT2D eigenvalue weighted by Crippen LogP contribution is -2.23. The van der Waals surface area contributed by atoms with E-state index in [0.29, 0.717) is 27.2 Å². The molecule has 0 radical (unpaired) electrons. The van der Waals surface area contributed by atoms with Crippen LogP contribution in [0.4, 0.5) is 5.69 Å². The summed E-state index contributed by atoms with van der Waals surface area (Å²) < 4.78 is 15.1. The molecule has 0 saturated heterocycles. The number of benzene rings is 2. The van der Waals surface area contributed by atoms with Crippen LogP contribution in [0.1, 0.15) is 0 Å². The molecule has 0 aromatic heterocycles. The summed E-state index contributed by atoms with van der Waals surface area (Å²) in [6.45, 7) is -0.754. The third-order valence-corrected chi connectivity index (χ3v) is 3.52. The van der Waals surface area contributed by atoms with Crippen LogP contribution in [0.5, 0.6) is 11.5 Å². The van der Waals surface area contributed by atoms with Crippen LogP contribution in [0.15, 0.2) is 42.5 Å². The maximum Gasteiger partial charge on any atom is 0.344 e. The predicted octanol–water partition coefficient (Wildman–Crippen LogP) is 3.56. The van der Waals surface area contributed by atoms with Gasteiger partial charge in [0.15, 0.2) is 13.2 Å². The maximum atomic E-state index is 11.8. The molecular formula is C17H15Cl2NO5. The van der Waals surface area contributed by atoms with Gasteiger partial charge in [0.05, 0.1) is 12.1 Å². The number of hydrogen-bond acceptors (Lipinski definition) is 5. The summed E-state index contributed by atoms with van der Waals surface area (Å²) in [7, 11) is 1.49. The number of halogens is 2. The van der Waals surface area contributed by atoms with Gasteiger partial charge in [-0.05, 0) is 42.5 Å². The number of ether oxygens (including phenoxy) is 3. The zero-order valence-electron chi connectivity index (χ0n) is 13.3. The van der Waals surface area contributed by atoms with Crippen LogP contribution in [0.2, 0.25) is 10.0 Å². The van der Waals surface area contributed by atoms with Crippen molar-refractivity contribution < 1.29 is 23.8 Å². The Hall–Kier alpha value is -2.44. The highest BCUT2D eigenvalue weighted by molar-refractivity contribution is 6.32. The fraction of sp³-hybridized carbons (Fsp3) is 0.176. The molecule has 0 atom stereocenters. The summed E-state index contributed by atoms with van der Waals surface area (Å²) in [6, 6.07) is 11.3. The van der Waals surface area contributed by atoms with Crippen molar-refractivity contribution in [2.45, 2.75) is 0 Å². The molecule has 0 fully saturated rings. The molecule has 0 unspecified atom stereocenters. The van der Waals surface area contributed by atoms with Crippen LogP contribution < -0.4 is 14.8 Å². The Balaban J connectivity index is 1.74. The number of rotatable bonds is 7. The normalized spacial score (nSPS) is 10.0. The van der Waals surface area contributed by atoms with Crippen LogP contribution in [-0.4, -0.2) is 32.2 Å². The number of carbonyl (C=O) groups is 2. The number of nitrogens with one attached hydrogen (secondary N) is 1. The smallest absolute Gasteiger partial charge is 0.344 e. The Bertz CT molecular complexity index is 749. The third kappa shape index (κ3) is 6.17. The molecule has 0 aliphatic carbocycles. The van der Waals surface area contributed by atoms with E-state index in [0.717, 1.165) is 0 Å². The Morgan fingerprint density at radius 3 is 2.40 bits per heavy atom. The molecule has 0 spiro atoms. The lowest BCUT2D eigenvalue weighted by atomic mass is 10.3. The van der Waals surface area contributed by atoms with E-state index in [-0.39, 0.29) is 6.61 Å². The summed E-state index contributed by atoms with van der Waals surface area (Å²) in [5, 5.41) is 3.47. The number of hydrogen-bond donors (Lipinski definition) is 1. The van der Waals surface area contributed by atoms with E-state index in [2.05, 4.69) is 5.32 Å². The highest BCUT2D eigenvalue weighted by Gasteiger charge is 2.10. The van der Waals surface area contributed by atoms with Gasteiger partial charge in [0.2, 0.25) is 0 Å². The van der Waals surface area contributed by atoms with E-state index in [1.54, 1.807) is 36.4 Å². The van der Waals surface area contributed by atoms with Gasteiger partial charge in [-0.25, -0.2) is 4.79 Å². The second-order valence-electron chi connectivity index (χ2n) is 4.80. The fourth-order valence-corrected chi connectivity index (χ4v) is 2.19. The molecule has 1 amide bonds. The summed E-state index contributed by atoms with van der Waals surface area (Å²) in [5.74, 6) is -0.206. The van der Waals surface area contributed by atoms with Gasteiger partial charge in [0.1, 0.15) is 11.5 Å². The van der Waals surface area contributed by atoms with Crippen molar-refractivity contribution in [2.75, 3.05) is 25.6 Å². The second-order valence-corrected chi connectivity index (χ2v) is 5.64. The molecule has 0 saturated carbocycles. The number of anilines is 1. The summed E-state index contributed by atoms with van der Waals surface area (Å²) in [6.07, 6.45) is 0.